The minimum absolute atomic E-state index is 0.00917. The number of aliphatic carboxylic acids is 1. The number of carboxylic acids is 1. The number of rotatable bonds is 4. The molecule has 0 spiro atoms. The maximum atomic E-state index is 12.5. The van der Waals surface area contributed by atoms with E-state index in [0.29, 0.717) is 13.1 Å². The zero-order valence-corrected chi connectivity index (χ0v) is 16.4. The first-order valence-corrected chi connectivity index (χ1v) is 10.1. The van der Waals surface area contributed by atoms with Crippen LogP contribution in [0.5, 0.6) is 0 Å². The Morgan fingerprint density at radius 2 is 1.57 bits per heavy atom. The lowest BCUT2D eigenvalue weighted by molar-refractivity contribution is -0.141. The standard InChI is InChI=1S/C23H22N2O5/c26-21-9-14(22(27)28)10-25(21)15-11-24(12-15)23(29)30-13-20-18-7-3-1-5-16(18)17-6-2-4-8-19(17)20/h1-8,14-15,20H,9-13H2,(H,27,28). The molecule has 2 aromatic carbocycles. The van der Waals surface area contributed by atoms with Crippen LogP contribution < -0.4 is 0 Å². The van der Waals surface area contributed by atoms with Crippen molar-refractivity contribution in [2.24, 2.45) is 5.92 Å². The van der Waals surface area contributed by atoms with Gasteiger partial charge in [0.25, 0.3) is 0 Å². The first-order valence-electron chi connectivity index (χ1n) is 10.1. The second-order valence-corrected chi connectivity index (χ2v) is 8.15. The summed E-state index contributed by atoms with van der Waals surface area (Å²) in [6.45, 7) is 1.25. The molecule has 1 atom stereocenters. The predicted molar refractivity (Wildman–Crippen MR) is 108 cm³/mol. The van der Waals surface area contributed by atoms with Crippen LogP contribution in [0.15, 0.2) is 48.5 Å². The number of carboxylic acid groups (broad SMARTS) is 1. The Morgan fingerprint density at radius 1 is 0.967 bits per heavy atom. The molecule has 0 saturated carbocycles. The van der Waals surface area contributed by atoms with Gasteiger partial charge >= 0.3 is 12.1 Å². The van der Waals surface area contributed by atoms with Crippen LogP contribution in [-0.4, -0.2) is 65.2 Å². The van der Waals surface area contributed by atoms with Crippen LogP contribution in [0, 0.1) is 5.92 Å². The molecule has 3 aliphatic rings. The number of hydrogen-bond acceptors (Lipinski definition) is 4. The zero-order valence-electron chi connectivity index (χ0n) is 16.4. The van der Waals surface area contributed by atoms with Gasteiger partial charge in [-0.05, 0) is 22.3 Å². The molecule has 30 heavy (non-hydrogen) atoms. The molecule has 0 radical (unpaired) electrons. The lowest BCUT2D eigenvalue weighted by Crippen LogP contribution is -2.61. The summed E-state index contributed by atoms with van der Waals surface area (Å²) in [5.74, 6) is -1.74. The molecular weight excluding hydrogens is 384 g/mol. The van der Waals surface area contributed by atoms with E-state index in [0.717, 1.165) is 11.1 Å². The molecule has 154 valence electrons. The molecule has 1 unspecified atom stereocenters. The van der Waals surface area contributed by atoms with E-state index in [-0.39, 0.29) is 37.4 Å². The Hall–Kier alpha value is -3.35. The number of fused-ring (bicyclic) bond motifs is 3. The Balaban J connectivity index is 1.19. The van der Waals surface area contributed by atoms with E-state index in [2.05, 4.69) is 24.3 Å². The number of carbonyl (C=O) groups excluding carboxylic acids is 2. The lowest BCUT2D eigenvalue weighted by Gasteiger charge is -2.43. The molecule has 2 aromatic rings. The Labute approximate surface area is 173 Å². The molecule has 0 bridgehead atoms. The van der Waals surface area contributed by atoms with Crippen LogP contribution >= 0.6 is 0 Å². The molecule has 0 aromatic heterocycles. The fourth-order valence-electron chi connectivity index (χ4n) is 4.74. The van der Waals surface area contributed by atoms with E-state index in [1.165, 1.54) is 11.1 Å². The van der Waals surface area contributed by atoms with Crippen molar-refractivity contribution in [1.29, 1.82) is 0 Å². The van der Waals surface area contributed by atoms with Gasteiger partial charge in [0, 0.05) is 32.0 Å². The first kappa shape index (κ1) is 18.7. The van der Waals surface area contributed by atoms with Gasteiger partial charge in [-0.2, -0.15) is 0 Å². The van der Waals surface area contributed by atoms with Crippen molar-refractivity contribution in [2.45, 2.75) is 18.4 Å². The highest BCUT2D eigenvalue weighted by molar-refractivity contribution is 5.86. The highest BCUT2D eigenvalue weighted by Gasteiger charge is 2.44. The lowest BCUT2D eigenvalue weighted by atomic mass is 9.98. The third kappa shape index (κ3) is 3.01. The summed E-state index contributed by atoms with van der Waals surface area (Å²) < 4.78 is 5.63. The van der Waals surface area contributed by atoms with Crippen molar-refractivity contribution < 1.29 is 24.2 Å². The fourth-order valence-corrected chi connectivity index (χ4v) is 4.74. The van der Waals surface area contributed by atoms with E-state index < -0.39 is 18.0 Å². The molecule has 1 N–H and O–H groups in total. The van der Waals surface area contributed by atoms with Gasteiger partial charge in [0.2, 0.25) is 5.91 Å². The number of hydrogen-bond donors (Lipinski definition) is 1. The van der Waals surface area contributed by atoms with Gasteiger partial charge in [-0.25, -0.2) is 4.79 Å². The van der Waals surface area contributed by atoms with Crippen LogP contribution in [0.4, 0.5) is 4.79 Å². The topological polar surface area (TPSA) is 87.2 Å². The summed E-state index contributed by atoms with van der Waals surface area (Å²) in [5, 5.41) is 9.11. The molecule has 2 saturated heterocycles. The van der Waals surface area contributed by atoms with Crippen LogP contribution in [0.2, 0.25) is 0 Å². The fraction of sp³-hybridized carbons (Fsp3) is 0.348. The molecule has 2 fully saturated rings. The summed E-state index contributed by atoms with van der Waals surface area (Å²) in [6, 6.07) is 16.2. The summed E-state index contributed by atoms with van der Waals surface area (Å²) in [4.78, 5) is 38.9. The van der Waals surface area contributed by atoms with Gasteiger partial charge in [-0.15, -0.1) is 0 Å². The van der Waals surface area contributed by atoms with E-state index in [1.807, 2.05) is 24.3 Å². The largest absolute Gasteiger partial charge is 0.481 e. The van der Waals surface area contributed by atoms with Gasteiger partial charge in [-0.3, -0.25) is 9.59 Å². The Kier molecular flexibility index (Phi) is 4.46. The highest BCUT2D eigenvalue weighted by atomic mass is 16.6. The second kappa shape index (κ2) is 7.16. The molecule has 5 rings (SSSR count). The molecule has 1 aliphatic carbocycles. The van der Waals surface area contributed by atoms with Gasteiger partial charge < -0.3 is 19.6 Å². The van der Waals surface area contributed by atoms with Gasteiger partial charge in [0.1, 0.15) is 6.61 Å². The highest BCUT2D eigenvalue weighted by Crippen LogP contribution is 2.44. The zero-order chi connectivity index (χ0) is 20.8. The monoisotopic (exact) mass is 406 g/mol. The maximum absolute atomic E-state index is 12.5. The molecule has 7 heteroatoms. The van der Waals surface area contributed by atoms with Crippen LogP contribution in [0.25, 0.3) is 11.1 Å². The van der Waals surface area contributed by atoms with Crippen molar-refractivity contribution in [1.82, 2.24) is 9.80 Å². The van der Waals surface area contributed by atoms with Gasteiger partial charge in [0.15, 0.2) is 0 Å². The summed E-state index contributed by atoms with van der Waals surface area (Å²) >= 11 is 0. The minimum atomic E-state index is -0.946. The molecule has 7 nitrogen and oxygen atoms in total. The van der Waals surface area contributed by atoms with E-state index in [4.69, 9.17) is 9.84 Å². The Morgan fingerprint density at radius 3 is 2.13 bits per heavy atom. The number of nitrogens with zero attached hydrogens (tertiary/aromatic N) is 2. The van der Waals surface area contributed by atoms with Crippen molar-refractivity contribution in [2.75, 3.05) is 26.2 Å². The van der Waals surface area contributed by atoms with Crippen LogP contribution in [0.1, 0.15) is 23.5 Å². The minimum Gasteiger partial charge on any atom is -0.481 e. The first-order chi connectivity index (χ1) is 14.5. The summed E-state index contributed by atoms with van der Waals surface area (Å²) in [5.41, 5.74) is 4.68. The summed E-state index contributed by atoms with van der Waals surface area (Å²) in [7, 11) is 0. The summed E-state index contributed by atoms with van der Waals surface area (Å²) in [6.07, 6.45) is -0.355. The van der Waals surface area contributed by atoms with E-state index in [1.54, 1.807) is 9.80 Å². The SMILES string of the molecule is O=C(O)C1CC(=O)N(C2CN(C(=O)OCC3c4ccccc4-c4ccccc43)C2)C1. The molecule has 2 aliphatic heterocycles. The van der Waals surface area contributed by atoms with E-state index >= 15 is 0 Å². The van der Waals surface area contributed by atoms with Crippen molar-refractivity contribution in [3.8, 4) is 11.1 Å². The number of amides is 2. The third-order valence-electron chi connectivity index (χ3n) is 6.40. The van der Waals surface area contributed by atoms with Crippen LogP contribution in [0.3, 0.4) is 0 Å². The number of ether oxygens (including phenoxy) is 1. The molecular formula is C23H22N2O5. The number of carbonyl (C=O) groups is 3. The average Bonchev–Trinajstić information content (AvgIpc) is 3.24. The predicted octanol–water partition coefficient (Wildman–Crippen LogP) is 2.55. The number of likely N-dealkylation sites (tertiary alicyclic amines) is 2. The van der Waals surface area contributed by atoms with Gasteiger partial charge in [-0.1, -0.05) is 48.5 Å². The van der Waals surface area contributed by atoms with Crippen molar-refractivity contribution in [3.05, 3.63) is 59.7 Å². The van der Waals surface area contributed by atoms with E-state index in [9.17, 15) is 14.4 Å². The van der Waals surface area contributed by atoms with Crippen molar-refractivity contribution >= 4 is 18.0 Å². The van der Waals surface area contributed by atoms with Gasteiger partial charge in [0.05, 0.1) is 12.0 Å². The van der Waals surface area contributed by atoms with Crippen LogP contribution in [-0.2, 0) is 14.3 Å². The average molecular weight is 406 g/mol. The maximum Gasteiger partial charge on any atom is 0.409 e. The smallest absolute Gasteiger partial charge is 0.409 e. The second-order valence-electron chi connectivity index (χ2n) is 8.15. The third-order valence-corrected chi connectivity index (χ3v) is 6.40. The normalized spacial score (nSPS) is 20.7. The number of benzene rings is 2. The quantitative estimate of drug-likeness (QED) is 0.843. The molecule has 2 heterocycles. The Bertz CT molecular complexity index is 984. The van der Waals surface area contributed by atoms with Crippen molar-refractivity contribution in [3.63, 3.8) is 0 Å². The molecule has 2 amide bonds.